The van der Waals surface area contributed by atoms with E-state index in [9.17, 15) is 19.2 Å². The molecule has 1 atom stereocenters. The molecule has 1 unspecified atom stereocenters. The van der Waals surface area contributed by atoms with E-state index in [1.54, 1.807) is 24.4 Å². The number of carbonyl (C=O) groups is 3. The molecule has 2 aromatic carbocycles. The van der Waals surface area contributed by atoms with Crippen molar-refractivity contribution in [1.82, 2.24) is 29.8 Å². The Balaban J connectivity index is 1.25. The molecule has 0 radical (unpaired) electrons. The molecule has 1 fully saturated rings. The van der Waals surface area contributed by atoms with Crippen molar-refractivity contribution in [3.63, 3.8) is 0 Å². The Morgan fingerprint density at radius 1 is 1.06 bits per heavy atom. The van der Waals surface area contributed by atoms with Crippen LogP contribution in [0, 0.1) is 0 Å². The van der Waals surface area contributed by atoms with Gasteiger partial charge in [-0.05, 0) is 24.6 Å². The second-order valence-electron chi connectivity index (χ2n) is 10.9. The third-order valence-electron chi connectivity index (χ3n) is 7.93. The third kappa shape index (κ3) is 6.29. The van der Waals surface area contributed by atoms with Crippen LogP contribution in [0.25, 0.3) is 39.0 Å². The summed E-state index contributed by atoms with van der Waals surface area (Å²) in [6, 6.07) is 16.1. The molecular weight excluding hydrogens is 647 g/mol. The Morgan fingerprint density at radius 2 is 1.77 bits per heavy atom. The van der Waals surface area contributed by atoms with Gasteiger partial charge in [0.05, 0.1) is 28.4 Å². The van der Waals surface area contributed by atoms with Gasteiger partial charge in [-0.1, -0.05) is 59.6 Å². The Kier molecular flexibility index (Phi) is 8.97. The number of alkyl carbamates (subject to hydrolysis) is 1. The molecule has 6 rings (SSSR count). The van der Waals surface area contributed by atoms with Crippen molar-refractivity contribution in [2.24, 2.45) is 7.05 Å². The number of hydrogen-bond donors (Lipinski definition) is 2. The number of aromatic nitrogens is 4. The van der Waals surface area contributed by atoms with Crippen LogP contribution < -0.4 is 20.9 Å². The largest absolute Gasteiger partial charge is 0.481 e. The number of methoxy groups -OCH3 is 1. The number of nitrogens with one attached hydrogen (secondary N) is 2. The van der Waals surface area contributed by atoms with Crippen LogP contribution >= 0.6 is 23.2 Å². The molecule has 0 aliphatic carbocycles. The summed E-state index contributed by atoms with van der Waals surface area (Å²) < 4.78 is 13.4. The summed E-state index contributed by atoms with van der Waals surface area (Å²) in [6.45, 7) is 0.199. The minimum absolute atomic E-state index is 0.00336. The number of benzene rings is 2. The molecule has 47 heavy (non-hydrogen) atoms. The van der Waals surface area contributed by atoms with Gasteiger partial charge in [-0.15, -0.1) is 5.10 Å². The van der Waals surface area contributed by atoms with Crippen molar-refractivity contribution < 1.29 is 23.9 Å². The van der Waals surface area contributed by atoms with Gasteiger partial charge in [-0.25, -0.2) is 14.3 Å². The first-order valence-corrected chi connectivity index (χ1v) is 15.3. The summed E-state index contributed by atoms with van der Waals surface area (Å²) in [4.78, 5) is 52.4. The van der Waals surface area contributed by atoms with Gasteiger partial charge in [0.15, 0.2) is 12.1 Å². The van der Waals surface area contributed by atoms with Gasteiger partial charge in [-0.2, -0.15) is 0 Å². The average Bonchev–Trinajstić information content (AvgIpc) is 3.70. The summed E-state index contributed by atoms with van der Waals surface area (Å²) in [5, 5.41) is 10.5. The number of hydrogen-bond acceptors (Lipinski definition) is 8. The topological polar surface area (TPSA) is 146 Å². The first kappa shape index (κ1) is 31.8. The number of fused-ring (bicyclic) bond motifs is 1. The molecule has 0 bridgehead atoms. The number of nitrogens with zero attached hydrogens (tertiary/aromatic N) is 4. The van der Waals surface area contributed by atoms with Crippen molar-refractivity contribution in [3.8, 4) is 39.4 Å². The molecule has 14 heteroatoms. The molecule has 2 N–H and O–H groups in total. The molecule has 1 aliphatic rings. The standard InChI is InChI=1S/C33H28Cl2N6O6/c1-40-27(16-42)39-41-15-19(13-26(41)32(40)44)21-5-3-6-22(29(21)34)23-7-4-8-24(30(23)35)25-11-9-18(31(38-25)46-2)17-47-33(45)36-14-20-10-12-28(43)37-20/h3-9,11,13,15-16,20H,10,12,14,17H2,1-2H3,(H,36,45)(H,37,43). The maximum absolute atomic E-state index is 12.8. The Bertz CT molecular complexity index is 2110. The number of carbonyl (C=O) groups excluding carboxylic acids is 3. The van der Waals surface area contributed by atoms with E-state index in [1.807, 2.05) is 36.4 Å². The molecule has 2 amide bonds. The highest BCUT2D eigenvalue weighted by Crippen LogP contribution is 2.42. The van der Waals surface area contributed by atoms with Gasteiger partial charge in [0.25, 0.3) is 5.56 Å². The fraction of sp³-hybridized carbons (Fsp3) is 0.212. The monoisotopic (exact) mass is 674 g/mol. The molecule has 1 saturated heterocycles. The molecule has 4 heterocycles. The molecule has 1 aliphatic heterocycles. The smallest absolute Gasteiger partial charge is 0.407 e. The highest BCUT2D eigenvalue weighted by Gasteiger charge is 2.22. The van der Waals surface area contributed by atoms with Crippen LogP contribution in [0.4, 0.5) is 4.79 Å². The molecule has 12 nitrogen and oxygen atoms in total. The first-order chi connectivity index (χ1) is 22.7. The summed E-state index contributed by atoms with van der Waals surface area (Å²) >= 11 is 14.0. The lowest BCUT2D eigenvalue weighted by Crippen LogP contribution is -2.38. The predicted octanol–water partition coefficient (Wildman–Crippen LogP) is 5.06. The highest BCUT2D eigenvalue weighted by atomic mass is 35.5. The van der Waals surface area contributed by atoms with Crippen LogP contribution in [-0.2, 0) is 23.2 Å². The summed E-state index contributed by atoms with van der Waals surface area (Å²) in [7, 11) is 2.96. The number of pyridine rings is 1. The summed E-state index contributed by atoms with van der Waals surface area (Å²) in [6.07, 6.45) is 2.66. The zero-order chi connectivity index (χ0) is 33.2. The lowest BCUT2D eigenvalue weighted by molar-refractivity contribution is -0.119. The fourth-order valence-corrected chi connectivity index (χ4v) is 6.10. The van der Waals surface area contributed by atoms with E-state index in [0.29, 0.717) is 73.8 Å². The first-order valence-electron chi connectivity index (χ1n) is 14.5. The van der Waals surface area contributed by atoms with E-state index >= 15 is 0 Å². The fourth-order valence-electron chi connectivity index (χ4n) is 5.44. The van der Waals surface area contributed by atoms with Gasteiger partial charge in [0.1, 0.15) is 12.1 Å². The Hall–Kier alpha value is -5.20. The zero-order valence-electron chi connectivity index (χ0n) is 25.3. The quantitative estimate of drug-likeness (QED) is 0.206. The second-order valence-corrected chi connectivity index (χ2v) is 11.6. The van der Waals surface area contributed by atoms with Crippen LogP contribution in [0.5, 0.6) is 5.88 Å². The number of ether oxygens (including phenoxy) is 2. The van der Waals surface area contributed by atoms with E-state index in [2.05, 4.69) is 20.7 Å². The zero-order valence-corrected chi connectivity index (χ0v) is 26.8. The van der Waals surface area contributed by atoms with E-state index in [1.165, 1.54) is 23.2 Å². The lowest BCUT2D eigenvalue weighted by Gasteiger charge is -2.15. The van der Waals surface area contributed by atoms with Crippen molar-refractivity contribution in [2.75, 3.05) is 13.7 Å². The molecule has 0 saturated carbocycles. The van der Waals surface area contributed by atoms with Crippen LogP contribution in [0.1, 0.15) is 29.0 Å². The number of amides is 2. The van der Waals surface area contributed by atoms with Gasteiger partial charge < -0.3 is 20.1 Å². The van der Waals surface area contributed by atoms with Gasteiger partial charge >= 0.3 is 6.09 Å². The predicted molar refractivity (Wildman–Crippen MR) is 176 cm³/mol. The summed E-state index contributed by atoms with van der Waals surface area (Å²) in [5.74, 6) is 0.228. The van der Waals surface area contributed by atoms with Crippen LogP contribution in [0.15, 0.2) is 65.6 Å². The average molecular weight is 676 g/mol. The van der Waals surface area contributed by atoms with Crippen LogP contribution in [0.2, 0.25) is 10.0 Å². The number of halogens is 2. The van der Waals surface area contributed by atoms with E-state index in [-0.39, 0.29) is 42.4 Å². The van der Waals surface area contributed by atoms with E-state index in [0.717, 1.165) is 0 Å². The maximum atomic E-state index is 12.8. The van der Waals surface area contributed by atoms with E-state index < -0.39 is 6.09 Å². The lowest BCUT2D eigenvalue weighted by atomic mass is 9.97. The van der Waals surface area contributed by atoms with Gasteiger partial charge in [-0.3, -0.25) is 19.0 Å². The maximum Gasteiger partial charge on any atom is 0.407 e. The van der Waals surface area contributed by atoms with E-state index in [4.69, 9.17) is 32.7 Å². The molecular formula is C33H28Cl2N6O6. The Morgan fingerprint density at radius 3 is 2.45 bits per heavy atom. The minimum atomic E-state index is -0.620. The second kappa shape index (κ2) is 13.3. The van der Waals surface area contributed by atoms with Crippen LogP contribution in [0.3, 0.4) is 0 Å². The molecule has 3 aromatic heterocycles. The highest BCUT2D eigenvalue weighted by molar-refractivity contribution is 6.39. The minimum Gasteiger partial charge on any atom is -0.481 e. The van der Waals surface area contributed by atoms with Crippen molar-refractivity contribution >= 4 is 47.0 Å². The Labute approximate surface area is 278 Å². The number of rotatable bonds is 9. The van der Waals surface area contributed by atoms with Crippen molar-refractivity contribution in [3.05, 3.63) is 92.6 Å². The molecule has 0 spiro atoms. The van der Waals surface area contributed by atoms with Crippen molar-refractivity contribution in [2.45, 2.75) is 25.5 Å². The molecule has 5 aromatic rings. The normalized spacial score (nSPS) is 14.2. The summed E-state index contributed by atoms with van der Waals surface area (Å²) in [5.41, 5.74) is 4.22. The SMILES string of the molecule is COc1nc(-c2cccc(-c3cccc(-c4cc5c(=O)n(C)c(C=O)nn5c4)c3Cl)c2Cl)ccc1COC(=O)NCC1CCC(=O)N1. The van der Waals surface area contributed by atoms with Crippen molar-refractivity contribution in [1.29, 1.82) is 0 Å². The molecule has 240 valence electrons. The van der Waals surface area contributed by atoms with Gasteiger partial charge in [0, 0.05) is 60.1 Å². The number of aldehydes is 1. The van der Waals surface area contributed by atoms with Crippen LogP contribution in [-0.4, -0.2) is 57.1 Å². The third-order valence-corrected chi connectivity index (χ3v) is 8.74. The van der Waals surface area contributed by atoms with Gasteiger partial charge in [0.2, 0.25) is 11.8 Å².